The molecule has 136 valence electrons. The van der Waals surface area contributed by atoms with Gasteiger partial charge in [-0.1, -0.05) is 20.8 Å². The maximum atomic E-state index is 12.5. The Morgan fingerprint density at radius 3 is 2.00 bits per heavy atom. The molecular formula is C20H23N3O3. The van der Waals surface area contributed by atoms with Crippen molar-refractivity contribution in [3.63, 3.8) is 0 Å². The number of carbonyl (C=O) groups is 3. The van der Waals surface area contributed by atoms with Gasteiger partial charge in [0.15, 0.2) is 5.78 Å². The third-order valence-corrected chi connectivity index (χ3v) is 3.71. The molecule has 0 fully saturated rings. The predicted octanol–water partition coefficient (Wildman–Crippen LogP) is 3.71. The van der Waals surface area contributed by atoms with E-state index in [0.29, 0.717) is 28.2 Å². The third-order valence-electron chi connectivity index (χ3n) is 3.71. The number of hydrogen-bond donors (Lipinski definition) is 3. The fourth-order valence-corrected chi connectivity index (χ4v) is 2.17. The molecule has 0 aliphatic heterocycles. The number of benzene rings is 2. The number of rotatable bonds is 4. The van der Waals surface area contributed by atoms with E-state index in [-0.39, 0.29) is 17.6 Å². The lowest BCUT2D eigenvalue weighted by molar-refractivity contribution is -0.123. The van der Waals surface area contributed by atoms with Gasteiger partial charge in [0.2, 0.25) is 5.91 Å². The number of ketones is 1. The molecule has 0 bridgehead atoms. The average molecular weight is 353 g/mol. The molecule has 0 aromatic heterocycles. The van der Waals surface area contributed by atoms with Gasteiger partial charge in [0.1, 0.15) is 0 Å². The van der Waals surface area contributed by atoms with Crippen molar-refractivity contribution < 1.29 is 14.4 Å². The zero-order valence-electron chi connectivity index (χ0n) is 15.3. The topological polar surface area (TPSA) is 101 Å². The molecule has 2 aromatic carbocycles. The highest BCUT2D eigenvalue weighted by Gasteiger charge is 2.21. The third kappa shape index (κ3) is 4.92. The second-order valence-corrected chi connectivity index (χ2v) is 7.14. The van der Waals surface area contributed by atoms with Crippen LogP contribution in [0.25, 0.3) is 0 Å². The Morgan fingerprint density at radius 1 is 0.846 bits per heavy atom. The molecule has 0 unspecified atom stereocenters. The molecule has 6 heteroatoms. The van der Waals surface area contributed by atoms with Crippen LogP contribution >= 0.6 is 0 Å². The predicted molar refractivity (Wildman–Crippen MR) is 103 cm³/mol. The lowest BCUT2D eigenvalue weighted by Gasteiger charge is -2.18. The van der Waals surface area contributed by atoms with Gasteiger partial charge < -0.3 is 16.4 Å². The zero-order valence-corrected chi connectivity index (χ0v) is 15.3. The first kappa shape index (κ1) is 19.2. The van der Waals surface area contributed by atoms with Gasteiger partial charge in [-0.25, -0.2) is 0 Å². The Morgan fingerprint density at radius 2 is 1.46 bits per heavy atom. The quantitative estimate of drug-likeness (QED) is 0.576. The molecule has 0 aliphatic rings. The Kier molecular flexibility index (Phi) is 5.45. The van der Waals surface area contributed by atoms with Crippen molar-refractivity contribution in [2.45, 2.75) is 27.7 Å². The Bertz CT molecular complexity index is 850. The summed E-state index contributed by atoms with van der Waals surface area (Å²) in [4.78, 5) is 35.9. The van der Waals surface area contributed by atoms with E-state index in [0.717, 1.165) is 0 Å². The second kappa shape index (κ2) is 7.39. The van der Waals surface area contributed by atoms with E-state index in [4.69, 9.17) is 5.73 Å². The van der Waals surface area contributed by atoms with Crippen LogP contribution in [0, 0.1) is 5.41 Å². The van der Waals surface area contributed by atoms with Crippen LogP contribution in [0.5, 0.6) is 0 Å². The minimum atomic E-state index is -0.564. The Labute approximate surface area is 152 Å². The van der Waals surface area contributed by atoms with E-state index in [2.05, 4.69) is 10.6 Å². The normalized spacial score (nSPS) is 10.9. The van der Waals surface area contributed by atoms with Gasteiger partial charge >= 0.3 is 0 Å². The molecule has 0 atom stereocenters. The van der Waals surface area contributed by atoms with Gasteiger partial charge in [0, 0.05) is 33.6 Å². The van der Waals surface area contributed by atoms with E-state index in [1.165, 1.54) is 13.0 Å². The molecule has 2 amide bonds. The SMILES string of the molecule is CC(=O)c1ccc(NC(=O)c2cc(N)cc(NC(=O)C(C)(C)C)c2)cc1. The number of nitrogens with two attached hydrogens (primary N) is 1. The van der Waals surface area contributed by atoms with Crippen LogP contribution in [0.15, 0.2) is 42.5 Å². The van der Waals surface area contributed by atoms with Crippen LogP contribution in [0.1, 0.15) is 48.4 Å². The van der Waals surface area contributed by atoms with Crippen molar-refractivity contribution in [3.05, 3.63) is 53.6 Å². The van der Waals surface area contributed by atoms with Crippen molar-refractivity contribution in [2.75, 3.05) is 16.4 Å². The fourth-order valence-electron chi connectivity index (χ4n) is 2.17. The highest BCUT2D eigenvalue weighted by molar-refractivity contribution is 6.06. The van der Waals surface area contributed by atoms with Gasteiger partial charge in [-0.15, -0.1) is 0 Å². The molecule has 0 radical (unpaired) electrons. The van der Waals surface area contributed by atoms with Crippen molar-refractivity contribution in [2.24, 2.45) is 5.41 Å². The summed E-state index contributed by atoms with van der Waals surface area (Å²) in [6.45, 7) is 6.88. The molecule has 0 saturated carbocycles. The van der Waals surface area contributed by atoms with Gasteiger partial charge in [0.05, 0.1) is 0 Å². The summed E-state index contributed by atoms with van der Waals surface area (Å²) in [5.41, 5.74) is 7.58. The van der Waals surface area contributed by atoms with Crippen LogP contribution in [-0.2, 0) is 4.79 Å². The number of hydrogen-bond acceptors (Lipinski definition) is 4. The van der Waals surface area contributed by atoms with Gasteiger partial charge in [0.25, 0.3) is 5.91 Å². The highest BCUT2D eigenvalue weighted by Crippen LogP contribution is 2.22. The first-order valence-electron chi connectivity index (χ1n) is 8.20. The average Bonchev–Trinajstić information content (AvgIpc) is 2.53. The van der Waals surface area contributed by atoms with E-state index < -0.39 is 5.41 Å². The molecule has 2 rings (SSSR count). The molecule has 0 spiro atoms. The van der Waals surface area contributed by atoms with Crippen molar-refractivity contribution in [1.82, 2.24) is 0 Å². The lowest BCUT2D eigenvalue weighted by Crippen LogP contribution is -2.27. The van der Waals surface area contributed by atoms with Crippen molar-refractivity contribution in [1.29, 1.82) is 0 Å². The number of nitrogen functional groups attached to an aromatic ring is 1. The van der Waals surface area contributed by atoms with Gasteiger partial charge in [-0.3, -0.25) is 14.4 Å². The first-order valence-corrected chi connectivity index (χ1v) is 8.20. The van der Waals surface area contributed by atoms with Crippen LogP contribution in [0.3, 0.4) is 0 Å². The lowest BCUT2D eigenvalue weighted by atomic mass is 9.95. The molecule has 0 heterocycles. The molecule has 4 N–H and O–H groups in total. The Balaban J connectivity index is 2.18. The molecule has 0 saturated heterocycles. The molecule has 26 heavy (non-hydrogen) atoms. The van der Waals surface area contributed by atoms with E-state index in [9.17, 15) is 14.4 Å². The zero-order chi connectivity index (χ0) is 19.5. The molecule has 6 nitrogen and oxygen atoms in total. The maximum Gasteiger partial charge on any atom is 0.255 e. The maximum absolute atomic E-state index is 12.5. The van der Waals surface area contributed by atoms with Gasteiger partial charge in [-0.05, 0) is 49.4 Å². The van der Waals surface area contributed by atoms with Crippen LogP contribution in [-0.4, -0.2) is 17.6 Å². The summed E-state index contributed by atoms with van der Waals surface area (Å²) in [5.74, 6) is -0.577. The fraction of sp³-hybridized carbons (Fsp3) is 0.250. The van der Waals surface area contributed by atoms with E-state index >= 15 is 0 Å². The number of Topliss-reactive ketones (excluding diaryl/α,β-unsaturated/α-hetero) is 1. The molecular weight excluding hydrogens is 330 g/mol. The minimum absolute atomic E-state index is 0.0436. The standard InChI is InChI=1S/C20H23N3O3/c1-12(24)13-5-7-16(8-6-13)22-18(25)14-9-15(21)11-17(10-14)23-19(26)20(2,3)4/h5-11H,21H2,1-4H3,(H,22,25)(H,23,26). The highest BCUT2D eigenvalue weighted by atomic mass is 16.2. The second-order valence-electron chi connectivity index (χ2n) is 7.14. The number of amides is 2. The largest absolute Gasteiger partial charge is 0.399 e. The minimum Gasteiger partial charge on any atom is -0.399 e. The summed E-state index contributed by atoms with van der Waals surface area (Å²) >= 11 is 0. The monoisotopic (exact) mass is 353 g/mol. The number of carbonyl (C=O) groups excluding carboxylic acids is 3. The number of nitrogens with one attached hydrogen (secondary N) is 2. The summed E-state index contributed by atoms with van der Waals surface area (Å²) < 4.78 is 0. The van der Waals surface area contributed by atoms with Crippen LogP contribution in [0.4, 0.5) is 17.1 Å². The van der Waals surface area contributed by atoms with E-state index in [1.807, 2.05) is 0 Å². The molecule has 0 aliphatic carbocycles. The Hall–Kier alpha value is -3.15. The van der Waals surface area contributed by atoms with Crippen molar-refractivity contribution in [3.8, 4) is 0 Å². The van der Waals surface area contributed by atoms with E-state index in [1.54, 1.807) is 57.2 Å². The smallest absolute Gasteiger partial charge is 0.255 e. The summed E-state index contributed by atoms with van der Waals surface area (Å²) in [6.07, 6.45) is 0. The summed E-state index contributed by atoms with van der Waals surface area (Å²) in [6, 6.07) is 11.3. The summed E-state index contributed by atoms with van der Waals surface area (Å²) in [5, 5.41) is 5.51. The first-order chi connectivity index (χ1) is 12.1. The van der Waals surface area contributed by atoms with Crippen LogP contribution in [0.2, 0.25) is 0 Å². The summed E-state index contributed by atoms with van der Waals surface area (Å²) in [7, 11) is 0. The van der Waals surface area contributed by atoms with Crippen LogP contribution < -0.4 is 16.4 Å². The molecule has 2 aromatic rings. The van der Waals surface area contributed by atoms with Crippen molar-refractivity contribution >= 4 is 34.7 Å². The number of anilines is 3. The van der Waals surface area contributed by atoms with Gasteiger partial charge in [-0.2, -0.15) is 0 Å².